The van der Waals surface area contributed by atoms with Crippen LogP contribution in [0.15, 0.2) is 89.1 Å². The van der Waals surface area contributed by atoms with Gasteiger partial charge in [-0.15, -0.1) is 11.3 Å². The highest BCUT2D eigenvalue weighted by molar-refractivity contribution is 7.89. The topological polar surface area (TPSA) is 157 Å². The van der Waals surface area contributed by atoms with Crippen molar-refractivity contribution in [2.45, 2.75) is 49.0 Å². The van der Waals surface area contributed by atoms with Gasteiger partial charge < -0.3 is 34.3 Å². The highest BCUT2D eigenvalue weighted by atomic mass is 35.5. The maximum atomic E-state index is 14.2. The number of urea groups is 1. The van der Waals surface area contributed by atoms with Gasteiger partial charge in [0.25, 0.3) is 0 Å². The Bertz CT molecular complexity index is 2320. The molecule has 1 fully saturated rings. The van der Waals surface area contributed by atoms with Gasteiger partial charge in [0.15, 0.2) is 15.7 Å². The second kappa shape index (κ2) is 15.1. The molecular formula is C39H40ClN4O8S2+. The standard InChI is InChI=1S/C39H39ClN4O8S2/c1-24-32-15-8-27(40)20-36(32)53-38(24)54(48,49)52-31-13-9-28(10-14-31)42-39(47)43(37(46)33(41)18-25-5-11-30(45)12-6-25)29-4-3-17-44(2,22-29)21-26-7-16-34-35(19-26)51-23-50-34/h5-16,19-20,29,33H,3-4,17-18,21-23,41H2,1-2H3,(H-,42,45,47)/p+1/t29-,33-,44?/m0/s1. The van der Waals surface area contributed by atoms with Gasteiger partial charge in [0.2, 0.25) is 12.7 Å². The molecule has 3 amide bonds. The van der Waals surface area contributed by atoms with Crippen LogP contribution in [0, 0.1) is 6.92 Å². The van der Waals surface area contributed by atoms with Gasteiger partial charge >= 0.3 is 16.1 Å². The summed E-state index contributed by atoms with van der Waals surface area (Å²) in [5, 5.41) is 13.8. The SMILES string of the molecule is Cc1c(S(=O)(=O)Oc2ccc(NC(=O)N(C(=O)[C@@H](N)Cc3ccc(O)cc3)[C@H]3CCC[N+](C)(Cc4ccc5c(c4)OCO5)C3)cc2)sc2cc(Cl)ccc12. The number of fused-ring (bicyclic) bond motifs is 2. The molecule has 5 aromatic rings. The number of phenolic OH excluding ortho intramolecular Hbond substituents is 1. The van der Waals surface area contributed by atoms with Crippen LogP contribution in [0.3, 0.4) is 0 Å². The summed E-state index contributed by atoms with van der Waals surface area (Å²) < 4.78 is 44.5. The minimum atomic E-state index is -4.18. The van der Waals surface area contributed by atoms with E-state index >= 15 is 0 Å². The van der Waals surface area contributed by atoms with Crippen LogP contribution in [0.1, 0.15) is 29.5 Å². The fourth-order valence-electron chi connectivity index (χ4n) is 7.19. The number of anilines is 1. The van der Waals surface area contributed by atoms with Gasteiger partial charge in [-0.25, -0.2) is 4.79 Å². The summed E-state index contributed by atoms with van der Waals surface area (Å²) in [5.41, 5.74) is 9.17. The minimum Gasteiger partial charge on any atom is -0.508 e. The third-order valence-electron chi connectivity index (χ3n) is 9.81. The lowest BCUT2D eigenvalue weighted by molar-refractivity contribution is -0.928. The molecule has 0 radical (unpaired) electrons. The predicted octanol–water partition coefficient (Wildman–Crippen LogP) is 6.80. The van der Waals surface area contributed by atoms with Crippen LogP contribution < -0.4 is 24.7 Å². The van der Waals surface area contributed by atoms with Crippen molar-refractivity contribution < 1.29 is 41.3 Å². The zero-order chi connectivity index (χ0) is 38.2. The molecule has 15 heteroatoms. The highest BCUT2D eigenvalue weighted by Gasteiger charge is 2.41. The molecule has 1 unspecified atom stereocenters. The first kappa shape index (κ1) is 37.5. The van der Waals surface area contributed by atoms with E-state index in [0.717, 1.165) is 45.5 Å². The Morgan fingerprint density at radius 2 is 1.76 bits per heavy atom. The smallest absolute Gasteiger partial charge is 0.349 e. The number of imide groups is 1. The largest absolute Gasteiger partial charge is 0.508 e. The van der Waals surface area contributed by atoms with Crippen molar-refractivity contribution in [2.75, 3.05) is 32.2 Å². The van der Waals surface area contributed by atoms with Gasteiger partial charge in [0, 0.05) is 21.0 Å². The predicted molar refractivity (Wildman–Crippen MR) is 207 cm³/mol. The van der Waals surface area contributed by atoms with Crippen molar-refractivity contribution >= 4 is 60.8 Å². The Morgan fingerprint density at radius 1 is 1.04 bits per heavy atom. The van der Waals surface area contributed by atoms with Crippen molar-refractivity contribution in [3.8, 4) is 23.0 Å². The Hall–Kier alpha value is -4.86. The lowest BCUT2D eigenvalue weighted by Crippen LogP contribution is -2.62. The van der Waals surface area contributed by atoms with Crippen molar-refractivity contribution in [3.63, 3.8) is 0 Å². The number of piperidine rings is 1. The van der Waals surface area contributed by atoms with Gasteiger partial charge in [-0.2, -0.15) is 8.42 Å². The number of nitrogens with zero attached hydrogens (tertiary/aromatic N) is 2. The van der Waals surface area contributed by atoms with E-state index < -0.39 is 34.1 Å². The van der Waals surface area contributed by atoms with E-state index in [1.807, 2.05) is 18.2 Å². The Labute approximate surface area is 322 Å². The second-order valence-corrected chi connectivity index (χ2v) is 17.2. The van der Waals surface area contributed by atoms with E-state index in [0.29, 0.717) is 51.8 Å². The number of phenols is 1. The molecule has 0 aliphatic carbocycles. The van der Waals surface area contributed by atoms with Gasteiger partial charge in [0.05, 0.1) is 25.7 Å². The van der Waals surface area contributed by atoms with Crippen molar-refractivity contribution in [2.24, 2.45) is 5.73 Å². The number of amides is 3. The number of ether oxygens (including phenoxy) is 2. The van der Waals surface area contributed by atoms with E-state index in [9.17, 15) is 23.1 Å². The van der Waals surface area contributed by atoms with Crippen LogP contribution >= 0.6 is 22.9 Å². The summed E-state index contributed by atoms with van der Waals surface area (Å²) in [6.45, 7) is 3.88. The molecule has 54 heavy (non-hydrogen) atoms. The molecular weight excluding hydrogens is 752 g/mol. The lowest BCUT2D eigenvalue weighted by Gasteiger charge is -2.44. The molecule has 0 bridgehead atoms. The number of benzene rings is 4. The van der Waals surface area contributed by atoms with Crippen molar-refractivity contribution in [3.05, 3.63) is 107 Å². The first-order chi connectivity index (χ1) is 25.8. The van der Waals surface area contributed by atoms with Gasteiger partial charge in [-0.05, 0) is 109 Å². The molecule has 3 heterocycles. The third kappa shape index (κ3) is 8.12. The Kier molecular flexibility index (Phi) is 10.5. The number of hydrogen-bond donors (Lipinski definition) is 3. The first-order valence-electron chi connectivity index (χ1n) is 17.4. The number of thiophene rings is 1. The van der Waals surface area contributed by atoms with Crippen LogP contribution in [-0.2, 0) is 27.9 Å². The van der Waals surface area contributed by atoms with Crippen LogP contribution in [0.4, 0.5) is 10.5 Å². The normalized spacial score (nSPS) is 18.6. The number of nitrogens with two attached hydrogens (primary N) is 1. The summed E-state index contributed by atoms with van der Waals surface area (Å²) in [7, 11) is -2.07. The monoisotopic (exact) mass is 791 g/mol. The number of nitrogens with one attached hydrogen (secondary N) is 1. The number of quaternary nitrogens is 1. The molecule has 1 aromatic heterocycles. The molecule has 282 valence electrons. The number of halogens is 1. The van der Waals surface area contributed by atoms with E-state index in [2.05, 4.69) is 12.4 Å². The Morgan fingerprint density at radius 3 is 2.52 bits per heavy atom. The van der Waals surface area contributed by atoms with Crippen LogP contribution in [0.25, 0.3) is 10.1 Å². The molecule has 7 rings (SSSR count). The average molecular weight is 792 g/mol. The number of hydrogen-bond acceptors (Lipinski definition) is 10. The molecule has 0 saturated carbocycles. The number of carbonyl (C=O) groups excluding carboxylic acids is 2. The molecule has 4 N–H and O–H groups in total. The van der Waals surface area contributed by atoms with Crippen LogP contribution in [-0.4, -0.2) is 73.9 Å². The molecule has 3 atom stereocenters. The summed E-state index contributed by atoms with van der Waals surface area (Å²) in [6, 6.07) is 21.2. The van der Waals surface area contributed by atoms with E-state index in [1.54, 1.807) is 37.3 Å². The molecule has 12 nitrogen and oxygen atoms in total. The first-order valence-corrected chi connectivity index (χ1v) is 20.0. The number of rotatable bonds is 10. The number of carbonyl (C=O) groups is 2. The lowest BCUT2D eigenvalue weighted by atomic mass is 9.98. The third-order valence-corrected chi connectivity index (χ3v) is 13.1. The quantitative estimate of drug-likeness (QED) is 0.102. The molecule has 0 spiro atoms. The number of aryl methyl sites for hydroxylation is 1. The van der Waals surface area contributed by atoms with Crippen molar-refractivity contribution in [1.29, 1.82) is 0 Å². The van der Waals surface area contributed by atoms with Crippen LogP contribution in [0.2, 0.25) is 5.02 Å². The Balaban J connectivity index is 1.09. The fraction of sp³-hybridized carbons (Fsp3) is 0.282. The number of likely N-dealkylation sites (tertiary alicyclic amines) is 1. The summed E-state index contributed by atoms with van der Waals surface area (Å²) in [4.78, 5) is 29.5. The van der Waals surface area contributed by atoms with E-state index in [4.69, 9.17) is 31.0 Å². The number of aromatic hydroxyl groups is 1. The minimum absolute atomic E-state index is 0.0515. The van der Waals surface area contributed by atoms with Gasteiger partial charge in [-0.3, -0.25) is 9.69 Å². The summed E-state index contributed by atoms with van der Waals surface area (Å²) in [5.74, 6) is 1.01. The molecule has 4 aromatic carbocycles. The van der Waals surface area contributed by atoms with Gasteiger partial charge in [-0.1, -0.05) is 29.8 Å². The maximum absolute atomic E-state index is 14.2. The molecule has 2 aliphatic rings. The van der Waals surface area contributed by atoms with E-state index in [1.165, 1.54) is 41.3 Å². The maximum Gasteiger partial charge on any atom is 0.349 e. The fourth-order valence-corrected chi connectivity index (χ4v) is 10.1. The average Bonchev–Trinajstić information content (AvgIpc) is 3.73. The zero-order valence-corrected chi connectivity index (χ0v) is 32.0. The molecule has 1 saturated heterocycles. The summed E-state index contributed by atoms with van der Waals surface area (Å²) in [6.07, 6.45) is 1.52. The molecule has 2 aliphatic heterocycles. The van der Waals surface area contributed by atoms with E-state index in [-0.39, 0.29) is 28.9 Å². The highest BCUT2D eigenvalue weighted by Crippen LogP contribution is 2.37. The van der Waals surface area contributed by atoms with Crippen LogP contribution in [0.5, 0.6) is 23.0 Å². The second-order valence-electron chi connectivity index (χ2n) is 14.0. The van der Waals surface area contributed by atoms with Crippen molar-refractivity contribution in [1.82, 2.24) is 4.90 Å². The number of likely N-dealkylation sites (N-methyl/N-ethyl adjacent to an activating group) is 1. The van der Waals surface area contributed by atoms with Gasteiger partial charge in [0.1, 0.15) is 24.6 Å². The zero-order valence-electron chi connectivity index (χ0n) is 29.7. The summed E-state index contributed by atoms with van der Waals surface area (Å²) >= 11 is 7.20.